The van der Waals surface area contributed by atoms with E-state index in [0.717, 1.165) is 38.5 Å². The fourth-order valence-electron chi connectivity index (χ4n) is 2.88. The maximum Gasteiger partial charge on any atom is 0.407 e. The molecule has 0 spiro atoms. The van der Waals surface area contributed by atoms with E-state index < -0.39 is 7.37 Å². The summed E-state index contributed by atoms with van der Waals surface area (Å²) in [5.74, 6) is 1.11. The summed E-state index contributed by atoms with van der Waals surface area (Å²) in [7, 11) is -3.28. The minimum absolute atomic E-state index is 0.141. The molecule has 7 heteroatoms. The number of nitrogens with one attached hydrogen (secondary N) is 1. The third-order valence-electron chi connectivity index (χ3n) is 4.66. The first kappa shape index (κ1) is 24.5. The molecule has 1 rings (SSSR count). The molecule has 2 atom stereocenters. The predicted octanol–water partition coefficient (Wildman–Crippen LogP) is 5.41. The van der Waals surface area contributed by atoms with Crippen LogP contribution >= 0.6 is 7.37 Å². The number of para-hydroxylation sites is 1. The minimum Gasteiger partial charge on any atom is -0.484 e. The van der Waals surface area contributed by atoms with Crippen molar-refractivity contribution < 1.29 is 23.7 Å². The highest BCUT2D eigenvalue weighted by atomic mass is 31.2. The van der Waals surface area contributed by atoms with Gasteiger partial charge in [0.25, 0.3) is 0 Å². The van der Waals surface area contributed by atoms with Crippen molar-refractivity contribution in [3.8, 4) is 5.75 Å². The number of ether oxygens (including phenoxy) is 2. The Kier molecular flexibility index (Phi) is 12.7. The zero-order valence-electron chi connectivity index (χ0n) is 17.3. The predicted molar refractivity (Wildman–Crippen MR) is 113 cm³/mol. The van der Waals surface area contributed by atoms with Crippen LogP contribution in [0, 0.1) is 5.92 Å². The smallest absolute Gasteiger partial charge is 0.407 e. The van der Waals surface area contributed by atoms with E-state index in [1.54, 1.807) is 12.1 Å². The van der Waals surface area contributed by atoms with Gasteiger partial charge in [0.2, 0.25) is 7.37 Å². The third kappa shape index (κ3) is 12.0. The summed E-state index contributed by atoms with van der Waals surface area (Å²) in [5.41, 5.74) is 0. The van der Waals surface area contributed by atoms with Crippen molar-refractivity contribution in [2.45, 2.75) is 58.8 Å². The minimum atomic E-state index is -3.28. The number of carbonyl (C=O) groups excluding carboxylic acids is 1. The third-order valence-corrected chi connectivity index (χ3v) is 6.21. The van der Waals surface area contributed by atoms with E-state index in [-0.39, 0.29) is 18.6 Å². The molecule has 0 bridgehead atoms. The van der Waals surface area contributed by atoms with Crippen LogP contribution in [-0.4, -0.2) is 36.6 Å². The maximum atomic E-state index is 12.3. The molecule has 1 amide bonds. The van der Waals surface area contributed by atoms with Crippen LogP contribution in [-0.2, 0) is 9.30 Å². The van der Waals surface area contributed by atoms with Crippen LogP contribution < -0.4 is 10.1 Å². The van der Waals surface area contributed by atoms with Gasteiger partial charge in [0, 0.05) is 12.7 Å². The van der Waals surface area contributed by atoms with Crippen LogP contribution in [0.15, 0.2) is 30.3 Å². The Hall–Kier alpha value is -1.52. The van der Waals surface area contributed by atoms with Crippen LogP contribution in [0.25, 0.3) is 0 Å². The van der Waals surface area contributed by atoms with E-state index in [9.17, 15) is 14.3 Å². The molecule has 1 aromatic carbocycles. The van der Waals surface area contributed by atoms with Gasteiger partial charge in [0.1, 0.15) is 5.75 Å². The first-order valence-electron chi connectivity index (χ1n) is 10.4. The molecule has 0 aliphatic carbocycles. The Morgan fingerprint density at radius 3 is 2.54 bits per heavy atom. The summed E-state index contributed by atoms with van der Waals surface area (Å²) in [6, 6.07) is 9.11. The summed E-state index contributed by atoms with van der Waals surface area (Å²) in [4.78, 5) is 21.6. The SMILES string of the molecule is CCCCOC(=O)NCCC[C@@H](CC)CCCP(=O)(O)COc1ccccc1. The topological polar surface area (TPSA) is 84.9 Å². The molecule has 2 N–H and O–H groups in total. The number of carbonyl (C=O) groups is 1. The summed E-state index contributed by atoms with van der Waals surface area (Å²) >= 11 is 0. The molecule has 0 aromatic heterocycles. The van der Waals surface area contributed by atoms with E-state index in [4.69, 9.17) is 9.47 Å². The van der Waals surface area contributed by atoms with Crippen LogP contribution in [0.3, 0.4) is 0 Å². The lowest BCUT2D eigenvalue weighted by molar-refractivity contribution is 0.144. The Balaban J connectivity index is 2.15. The molecule has 0 aliphatic heterocycles. The summed E-state index contributed by atoms with van der Waals surface area (Å²) in [5, 5.41) is 2.77. The van der Waals surface area contributed by atoms with Crippen LogP contribution in [0.2, 0.25) is 0 Å². The van der Waals surface area contributed by atoms with Crippen LogP contribution in [0.1, 0.15) is 58.8 Å². The van der Waals surface area contributed by atoms with Crippen molar-refractivity contribution in [2.24, 2.45) is 5.92 Å². The van der Waals surface area contributed by atoms with Crippen molar-refractivity contribution in [1.82, 2.24) is 5.32 Å². The van der Waals surface area contributed by atoms with E-state index in [1.807, 2.05) is 18.2 Å². The lowest BCUT2D eigenvalue weighted by atomic mass is 9.95. The fraction of sp³-hybridized carbons (Fsp3) is 0.667. The van der Waals surface area contributed by atoms with E-state index >= 15 is 0 Å². The number of amides is 1. The quantitative estimate of drug-likeness (QED) is 0.297. The second-order valence-corrected chi connectivity index (χ2v) is 9.53. The van der Waals surface area contributed by atoms with Crippen molar-refractivity contribution >= 4 is 13.5 Å². The molecular weight excluding hydrogens is 377 g/mol. The van der Waals surface area contributed by atoms with Crippen molar-refractivity contribution in [3.63, 3.8) is 0 Å². The lowest BCUT2D eigenvalue weighted by Gasteiger charge is -2.17. The highest BCUT2D eigenvalue weighted by Gasteiger charge is 2.19. The van der Waals surface area contributed by atoms with Gasteiger partial charge >= 0.3 is 6.09 Å². The molecule has 0 saturated heterocycles. The average molecular weight is 413 g/mol. The summed E-state index contributed by atoms with van der Waals surface area (Å²) in [6.45, 7) is 5.26. The van der Waals surface area contributed by atoms with Gasteiger partial charge in [-0.25, -0.2) is 4.79 Å². The van der Waals surface area contributed by atoms with E-state index in [0.29, 0.717) is 31.2 Å². The molecular formula is C21H36NO5P. The standard InChI is InChI=1S/C21H36NO5P/c1-3-5-16-26-21(23)22-15-9-11-19(4-2)12-10-17-28(24,25)18-27-20-13-7-6-8-14-20/h6-8,13-14,19H,3-5,9-12,15-18H2,1-2H3,(H,22,23)(H,24,25)/t19-/m1/s1. The summed E-state index contributed by atoms with van der Waals surface area (Å²) in [6.07, 6.45) is 6.19. The average Bonchev–Trinajstić information content (AvgIpc) is 2.69. The summed E-state index contributed by atoms with van der Waals surface area (Å²) < 4.78 is 22.7. The molecule has 0 aliphatic rings. The van der Waals surface area contributed by atoms with Crippen LogP contribution in [0.4, 0.5) is 4.79 Å². The van der Waals surface area contributed by atoms with Gasteiger partial charge in [-0.2, -0.15) is 0 Å². The molecule has 1 aromatic rings. The first-order valence-corrected chi connectivity index (χ1v) is 12.4. The lowest BCUT2D eigenvalue weighted by Crippen LogP contribution is -2.26. The van der Waals surface area contributed by atoms with E-state index in [1.165, 1.54) is 0 Å². The first-order chi connectivity index (χ1) is 13.5. The molecule has 0 heterocycles. The maximum absolute atomic E-state index is 12.3. The number of hydrogen-bond donors (Lipinski definition) is 2. The number of unbranched alkanes of at least 4 members (excludes halogenated alkanes) is 1. The molecule has 0 saturated carbocycles. The number of alkyl carbamates (subject to hydrolysis) is 1. The van der Waals surface area contributed by atoms with Gasteiger partial charge < -0.3 is 19.7 Å². The highest BCUT2D eigenvalue weighted by Crippen LogP contribution is 2.42. The molecule has 160 valence electrons. The highest BCUT2D eigenvalue weighted by molar-refractivity contribution is 7.57. The van der Waals surface area contributed by atoms with Gasteiger partial charge in [0.15, 0.2) is 6.35 Å². The Morgan fingerprint density at radius 2 is 1.86 bits per heavy atom. The molecule has 28 heavy (non-hydrogen) atoms. The monoisotopic (exact) mass is 413 g/mol. The zero-order chi connectivity index (χ0) is 20.7. The molecule has 1 unspecified atom stereocenters. The molecule has 0 radical (unpaired) electrons. The van der Waals surface area contributed by atoms with Crippen molar-refractivity contribution in [2.75, 3.05) is 25.7 Å². The van der Waals surface area contributed by atoms with Gasteiger partial charge in [-0.05, 0) is 50.2 Å². The number of rotatable bonds is 15. The van der Waals surface area contributed by atoms with Gasteiger partial charge in [-0.3, -0.25) is 4.57 Å². The zero-order valence-corrected chi connectivity index (χ0v) is 18.2. The Morgan fingerprint density at radius 1 is 1.14 bits per heavy atom. The van der Waals surface area contributed by atoms with Gasteiger partial charge in [-0.1, -0.05) is 44.9 Å². The Bertz CT molecular complexity index is 581. The largest absolute Gasteiger partial charge is 0.484 e. The normalized spacial score (nSPS) is 14.1. The Labute approximate surface area is 169 Å². The fourth-order valence-corrected chi connectivity index (χ4v) is 4.03. The van der Waals surface area contributed by atoms with Crippen LogP contribution in [0.5, 0.6) is 5.75 Å². The molecule has 0 fully saturated rings. The second-order valence-electron chi connectivity index (χ2n) is 7.13. The van der Waals surface area contributed by atoms with Crippen molar-refractivity contribution in [1.29, 1.82) is 0 Å². The number of benzene rings is 1. The molecule has 6 nitrogen and oxygen atoms in total. The van der Waals surface area contributed by atoms with E-state index in [2.05, 4.69) is 19.2 Å². The second kappa shape index (κ2) is 14.5. The van der Waals surface area contributed by atoms with Gasteiger partial charge in [-0.15, -0.1) is 0 Å². The number of hydrogen-bond acceptors (Lipinski definition) is 4. The van der Waals surface area contributed by atoms with Gasteiger partial charge in [0.05, 0.1) is 6.61 Å². The van der Waals surface area contributed by atoms with Crippen molar-refractivity contribution in [3.05, 3.63) is 30.3 Å².